The molecule has 9 nitrogen and oxygen atoms in total. The Morgan fingerprint density at radius 3 is 2.85 bits per heavy atom. The molecule has 0 fully saturated rings. The average Bonchev–Trinajstić information content (AvgIpc) is 3.20. The van der Waals surface area contributed by atoms with E-state index in [-0.39, 0.29) is 17.4 Å². The van der Waals surface area contributed by atoms with Crippen LogP contribution in [0.15, 0.2) is 42.9 Å². The fourth-order valence-corrected chi connectivity index (χ4v) is 2.45. The number of benzene rings is 1. The molecule has 1 amide bonds. The molecule has 0 aliphatic rings. The molecule has 3 aromatic rings. The Morgan fingerprint density at radius 1 is 1.35 bits per heavy atom. The van der Waals surface area contributed by atoms with Gasteiger partial charge in [0.15, 0.2) is 0 Å². The molecule has 0 saturated heterocycles. The van der Waals surface area contributed by atoms with Crippen LogP contribution in [0.3, 0.4) is 0 Å². The Balaban J connectivity index is 1.60. The van der Waals surface area contributed by atoms with Gasteiger partial charge in [-0.15, -0.1) is 0 Å². The summed E-state index contributed by atoms with van der Waals surface area (Å²) in [4.78, 5) is 21.9. The minimum atomic E-state index is -0.640. The molecular weight excluding hydrogens is 367 g/mol. The van der Waals surface area contributed by atoms with E-state index in [0.29, 0.717) is 17.8 Å². The molecule has 2 aromatic heterocycles. The first kappa shape index (κ1) is 17.5. The molecule has 134 valence electrons. The summed E-state index contributed by atoms with van der Waals surface area (Å²) in [5.41, 5.74) is 1.12. The van der Waals surface area contributed by atoms with Crippen LogP contribution in [0, 0.1) is 15.9 Å². The van der Waals surface area contributed by atoms with Gasteiger partial charge in [0.1, 0.15) is 12.4 Å². The van der Waals surface area contributed by atoms with Crippen molar-refractivity contribution in [2.45, 2.75) is 13.1 Å². The number of carbonyl (C=O) groups is 1. The van der Waals surface area contributed by atoms with Gasteiger partial charge in [0.25, 0.3) is 0 Å². The highest BCUT2D eigenvalue weighted by Crippen LogP contribution is 2.18. The van der Waals surface area contributed by atoms with E-state index in [0.717, 1.165) is 4.68 Å². The maximum atomic E-state index is 13.1. The highest BCUT2D eigenvalue weighted by Gasteiger charge is 2.14. The molecule has 2 heterocycles. The number of amides is 1. The standard InChI is InChI=1S/C15H12ClFN6O3/c16-13-5-11(17)2-1-10(13)7-22-8-12(6-18-22)19-15(24)9-21-4-3-14(20-21)23(25)26/h1-6,8H,7,9H2,(H,19,24). The molecule has 0 unspecified atom stereocenters. The largest absolute Gasteiger partial charge is 0.389 e. The lowest BCUT2D eigenvalue weighted by molar-refractivity contribution is -0.389. The number of nitrogens with zero attached hydrogens (tertiary/aromatic N) is 5. The molecule has 0 radical (unpaired) electrons. The van der Waals surface area contributed by atoms with Crippen molar-refractivity contribution in [1.82, 2.24) is 19.6 Å². The number of rotatable bonds is 6. The number of aromatic nitrogens is 4. The molecule has 11 heteroatoms. The van der Waals surface area contributed by atoms with E-state index in [1.54, 1.807) is 12.3 Å². The summed E-state index contributed by atoms with van der Waals surface area (Å²) in [7, 11) is 0. The highest BCUT2D eigenvalue weighted by molar-refractivity contribution is 6.31. The molecule has 0 saturated carbocycles. The molecule has 0 spiro atoms. The molecule has 0 aliphatic heterocycles. The van der Waals surface area contributed by atoms with E-state index >= 15 is 0 Å². The van der Waals surface area contributed by atoms with Gasteiger partial charge in [-0.2, -0.15) is 9.78 Å². The van der Waals surface area contributed by atoms with Gasteiger partial charge >= 0.3 is 5.82 Å². The third-order valence-corrected chi connectivity index (χ3v) is 3.74. The number of carbonyl (C=O) groups excluding carboxylic acids is 1. The molecule has 1 N–H and O–H groups in total. The van der Waals surface area contributed by atoms with Crippen LogP contribution in [0.25, 0.3) is 0 Å². The van der Waals surface area contributed by atoms with Gasteiger partial charge < -0.3 is 15.4 Å². The first-order chi connectivity index (χ1) is 12.4. The summed E-state index contributed by atoms with van der Waals surface area (Å²) < 4.78 is 15.8. The fraction of sp³-hybridized carbons (Fsp3) is 0.133. The third-order valence-electron chi connectivity index (χ3n) is 3.38. The van der Waals surface area contributed by atoms with E-state index in [9.17, 15) is 19.3 Å². The Bertz CT molecular complexity index is 970. The van der Waals surface area contributed by atoms with Gasteiger partial charge in [-0.05, 0) is 22.6 Å². The molecule has 0 aliphatic carbocycles. The van der Waals surface area contributed by atoms with Gasteiger partial charge in [-0.3, -0.25) is 9.48 Å². The lowest BCUT2D eigenvalue weighted by Gasteiger charge is -2.04. The Kier molecular flexibility index (Phi) is 4.94. The van der Waals surface area contributed by atoms with Crippen LogP contribution in [0.4, 0.5) is 15.9 Å². The van der Waals surface area contributed by atoms with Crippen LogP contribution in [0.1, 0.15) is 5.56 Å². The minimum absolute atomic E-state index is 0.178. The Hall–Kier alpha value is -3.27. The summed E-state index contributed by atoms with van der Waals surface area (Å²) in [6.07, 6.45) is 4.38. The summed E-state index contributed by atoms with van der Waals surface area (Å²) in [6, 6.07) is 5.28. The van der Waals surface area contributed by atoms with Gasteiger partial charge in [0.05, 0.1) is 35.8 Å². The zero-order valence-electron chi connectivity index (χ0n) is 13.2. The van der Waals surface area contributed by atoms with E-state index in [1.165, 1.54) is 35.3 Å². The predicted octanol–water partition coefficient (Wildman–Crippen LogP) is 2.47. The average molecular weight is 379 g/mol. The molecular formula is C15H12ClFN6O3. The number of halogens is 2. The molecule has 0 bridgehead atoms. The maximum absolute atomic E-state index is 13.1. The normalized spacial score (nSPS) is 10.7. The molecule has 1 aromatic carbocycles. The van der Waals surface area contributed by atoms with Crippen molar-refractivity contribution in [2.75, 3.05) is 5.32 Å². The summed E-state index contributed by atoms with van der Waals surface area (Å²) in [5, 5.41) is 21.2. The van der Waals surface area contributed by atoms with Crippen LogP contribution >= 0.6 is 11.6 Å². The van der Waals surface area contributed by atoms with Crippen LogP contribution in [-0.4, -0.2) is 30.4 Å². The van der Waals surface area contributed by atoms with E-state index in [4.69, 9.17) is 11.6 Å². The van der Waals surface area contributed by atoms with Gasteiger partial charge in [0.2, 0.25) is 5.91 Å². The lowest BCUT2D eigenvalue weighted by atomic mass is 10.2. The third kappa shape index (κ3) is 4.22. The number of anilines is 1. The number of nitro groups is 1. The summed E-state index contributed by atoms with van der Waals surface area (Å²) in [6.45, 7) is 0.128. The second-order valence-corrected chi connectivity index (χ2v) is 5.75. The first-order valence-electron chi connectivity index (χ1n) is 7.35. The highest BCUT2D eigenvalue weighted by atomic mass is 35.5. The van der Waals surface area contributed by atoms with Crippen LogP contribution in [0.5, 0.6) is 0 Å². The Morgan fingerprint density at radius 2 is 2.15 bits per heavy atom. The zero-order valence-corrected chi connectivity index (χ0v) is 13.9. The van der Waals surface area contributed by atoms with Gasteiger partial charge in [-0.25, -0.2) is 4.39 Å². The zero-order chi connectivity index (χ0) is 18.7. The minimum Gasteiger partial charge on any atom is -0.358 e. The van der Waals surface area contributed by atoms with Crippen LogP contribution in [0.2, 0.25) is 5.02 Å². The quantitative estimate of drug-likeness (QED) is 0.523. The SMILES string of the molecule is O=C(Cn1ccc([N+](=O)[O-])n1)Nc1cnn(Cc2ccc(F)cc2Cl)c1. The topological polar surface area (TPSA) is 108 Å². The monoisotopic (exact) mass is 378 g/mol. The molecule has 0 atom stereocenters. The van der Waals surface area contributed by atoms with E-state index in [1.807, 2.05) is 0 Å². The molecule has 3 rings (SSSR count). The van der Waals surface area contributed by atoms with Gasteiger partial charge in [0, 0.05) is 11.2 Å². The van der Waals surface area contributed by atoms with Crippen molar-refractivity contribution in [3.63, 3.8) is 0 Å². The predicted molar refractivity (Wildman–Crippen MR) is 90.3 cm³/mol. The fourth-order valence-electron chi connectivity index (χ4n) is 2.22. The van der Waals surface area contributed by atoms with Crippen molar-refractivity contribution >= 4 is 29.0 Å². The maximum Gasteiger partial charge on any atom is 0.389 e. The molecule has 26 heavy (non-hydrogen) atoms. The number of hydrogen-bond acceptors (Lipinski definition) is 5. The van der Waals surface area contributed by atoms with Crippen molar-refractivity contribution < 1.29 is 14.1 Å². The second kappa shape index (κ2) is 7.31. The number of hydrogen-bond donors (Lipinski definition) is 1. The Labute approximate surface area is 151 Å². The summed E-state index contributed by atoms with van der Waals surface area (Å²) in [5.74, 6) is -1.17. The van der Waals surface area contributed by atoms with Crippen molar-refractivity contribution in [2.24, 2.45) is 0 Å². The van der Waals surface area contributed by atoms with Crippen molar-refractivity contribution in [3.8, 4) is 0 Å². The lowest BCUT2D eigenvalue weighted by Crippen LogP contribution is -2.18. The summed E-state index contributed by atoms with van der Waals surface area (Å²) >= 11 is 5.98. The first-order valence-corrected chi connectivity index (χ1v) is 7.72. The van der Waals surface area contributed by atoms with Gasteiger partial charge in [-0.1, -0.05) is 17.7 Å². The van der Waals surface area contributed by atoms with Crippen LogP contribution < -0.4 is 5.32 Å². The van der Waals surface area contributed by atoms with E-state index < -0.39 is 16.6 Å². The van der Waals surface area contributed by atoms with Crippen molar-refractivity contribution in [1.29, 1.82) is 0 Å². The van der Waals surface area contributed by atoms with E-state index in [2.05, 4.69) is 15.5 Å². The van der Waals surface area contributed by atoms with Crippen molar-refractivity contribution in [3.05, 3.63) is 69.4 Å². The van der Waals surface area contributed by atoms with Crippen LogP contribution in [-0.2, 0) is 17.9 Å². The number of nitrogens with one attached hydrogen (secondary N) is 1. The second-order valence-electron chi connectivity index (χ2n) is 5.34. The smallest absolute Gasteiger partial charge is 0.358 e.